The van der Waals surface area contributed by atoms with E-state index in [0.717, 1.165) is 18.2 Å². The highest BCUT2D eigenvalue weighted by Crippen LogP contribution is 2.15. The monoisotopic (exact) mass is 496 g/mol. The number of piperidine rings is 1. The molecule has 1 aromatic carbocycles. The van der Waals surface area contributed by atoms with E-state index in [2.05, 4.69) is 58.6 Å². The summed E-state index contributed by atoms with van der Waals surface area (Å²) in [6.07, 6.45) is 9.19. The van der Waals surface area contributed by atoms with Crippen molar-refractivity contribution >= 4 is 29.9 Å². The van der Waals surface area contributed by atoms with E-state index in [1.165, 1.54) is 44.5 Å². The highest BCUT2D eigenvalue weighted by atomic mass is 127. The number of hydrogen-bond acceptors (Lipinski definition) is 3. The van der Waals surface area contributed by atoms with Crippen molar-refractivity contribution < 1.29 is 0 Å². The van der Waals surface area contributed by atoms with E-state index in [9.17, 15) is 0 Å². The topological polar surface area (TPSA) is 57.5 Å². The van der Waals surface area contributed by atoms with Gasteiger partial charge in [0.1, 0.15) is 0 Å². The van der Waals surface area contributed by atoms with E-state index in [1.54, 1.807) is 6.20 Å². The minimum absolute atomic E-state index is 0. The van der Waals surface area contributed by atoms with Gasteiger partial charge in [0.05, 0.1) is 18.6 Å². The second-order valence-electron chi connectivity index (χ2n) is 7.05. The Bertz CT molecular complexity index is 707. The van der Waals surface area contributed by atoms with Crippen LogP contribution in [0.1, 0.15) is 38.7 Å². The lowest BCUT2D eigenvalue weighted by molar-refractivity contribution is 0.206. The van der Waals surface area contributed by atoms with Gasteiger partial charge >= 0.3 is 0 Å². The average Bonchev–Trinajstić information content (AvgIpc) is 3.23. The third-order valence-corrected chi connectivity index (χ3v) is 4.99. The van der Waals surface area contributed by atoms with Gasteiger partial charge in [-0.1, -0.05) is 25.1 Å². The van der Waals surface area contributed by atoms with Gasteiger partial charge in [0.2, 0.25) is 0 Å². The molecule has 1 aromatic heterocycles. The minimum atomic E-state index is 0. The molecule has 6 nitrogen and oxygen atoms in total. The molecule has 0 radical (unpaired) electrons. The lowest BCUT2D eigenvalue weighted by Crippen LogP contribution is -2.48. The molecule has 0 saturated carbocycles. The summed E-state index contributed by atoms with van der Waals surface area (Å²) < 4.78 is 2.04. The predicted octanol–water partition coefficient (Wildman–Crippen LogP) is 3.42. The van der Waals surface area contributed by atoms with E-state index in [1.807, 2.05) is 17.1 Å². The van der Waals surface area contributed by atoms with Crippen LogP contribution >= 0.6 is 24.0 Å². The zero-order chi connectivity index (χ0) is 18.9. The van der Waals surface area contributed by atoms with E-state index < -0.39 is 0 Å². The van der Waals surface area contributed by atoms with Crippen molar-refractivity contribution in [1.82, 2.24) is 25.1 Å². The van der Waals surface area contributed by atoms with E-state index in [4.69, 9.17) is 4.99 Å². The molecule has 154 valence electrons. The Kier molecular flexibility index (Phi) is 9.77. The van der Waals surface area contributed by atoms with Crippen LogP contribution in [0.5, 0.6) is 0 Å². The van der Waals surface area contributed by atoms with Crippen LogP contribution in [-0.2, 0) is 6.54 Å². The van der Waals surface area contributed by atoms with Gasteiger partial charge < -0.3 is 20.1 Å². The van der Waals surface area contributed by atoms with Crippen LogP contribution in [0.15, 0.2) is 48.0 Å². The summed E-state index contributed by atoms with van der Waals surface area (Å²) in [5.41, 5.74) is 2.31. The quantitative estimate of drug-likeness (QED) is 0.351. The maximum Gasteiger partial charge on any atom is 0.191 e. The van der Waals surface area contributed by atoms with Crippen molar-refractivity contribution in [3.8, 4) is 5.69 Å². The van der Waals surface area contributed by atoms with Gasteiger partial charge in [-0.15, -0.1) is 24.0 Å². The van der Waals surface area contributed by atoms with Gasteiger partial charge in [0.25, 0.3) is 0 Å². The van der Waals surface area contributed by atoms with Gasteiger partial charge in [-0.2, -0.15) is 0 Å². The molecule has 1 saturated heterocycles. The van der Waals surface area contributed by atoms with Crippen molar-refractivity contribution in [1.29, 1.82) is 0 Å². The number of rotatable bonds is 7. The van der Waals surface area contributed by atoms with Gasteiger partial charge in [-0.3, -0.25) is 0 Å². The molecular weight excluding hydrogens is 463 g/mol. The van der Waals surface area contributed by atoms with Gasteiger partial charge in [0.15, 0.2) is 5.96 Å². The number of benzene rings is 1. The standard InChI is InChI=1S/C21H32N6.HI/c1-3-12-26-13-9-19(10-14-26)25-21(23-4-2)24-16-18-7-5-6-8-20(18)27-15-11-22-17-27;/h5-8,11,15,17,19H,3-4,9-10,12-14,16H2,1-2H3,(H2,23,24,25);1H. The normalized spacial score (nSPS) is 15.9. The lowest BCUT2D eigenvalue weighted by atomic mass is 10.1. The first-order valence-corrected chi connectivity index (χ1v) is 10.1. The number of nitrogens with zero attached hydrogens (tertiary/aromatic N) is 4. The zero-order valence-electron chi connectivity index (χ0n) is 17.0. The van der Waals surface area contributed by atoms with Crippen LogP contribution in [-0.4, -0.2) is 52.6 Å². The number of imidazole rings is 1. The summed E-state index contributed by atoms with van der Waals surface area (Å²) in [6, 6.07) is 8.85. The number of likely N-dealkylation sites (tertiary alicyclic amines) is 1. The second-order valence-corrected chi connectivity index (χ2v) is 7.05. The maximum absolute atomic E-state index is 4.85. The molecule has 0 aliphatic carbocycles. The third-order valence-electron chi connectivity index (χ3n) is 4.99. The Morgan fingerprint density at radius 2 is 2.00 bits per heavy atom. The van der Waals surface area contributed by atoms with Gasteiger partial charge in [-0.05, 0) is 44.4 Å². The SMILES string of the molecule is CCCN1CCC(NC(=NCc2ccccc2-n2ccnc2)NCC)CC1.I. The molecule has 7 heteroatoms. The molecule has 28 heavy (non-hydrogen) atoms. The molecule has 1 aliphatic rings. The summed E-state index contributed by atoms with van der Waals surface area (Å²) in [7, 11) is 0. The van der Waals surface area contributed by atoms with Crippen molar-refractivity contribution in [3.05, 3.63) is 48.5 Å². The Balaban J connectivity index is 0.00000280. The van der Waals surface area contributed by atoms with Crippen LogP contribution in [0.2, 0.25) is 0 Å². The van der Waals surface area contributed by atoms with Gasteiger partial charge in [-0.25, -0.2) is 9.98 Å². The minimum Gasteiger partial charge on any atom is -0.357 e. The molecule has 1 fully saturated rings. The van der Waals surface area contributed by atoms with Crippen LogP contribution in [0.3, 0.4) is 0 Å². The number of para-hydroxylation sites is 1. The molecule has 0 atom stereocenters. The van der Waals surface area contributed by atoms with Crippen LogP contribution in [0, 0.1) is 0 Å². The molecule has 1 aliphatic heterocycles. The summed E-state index contributed by atoms with van der Waals surface area (Å²) in [4.78, 5) is 11.6. The second kappa shape index (κ2) is 12.1. The molecule has 0 spiro atoms. The number of halogens is 1. The Hall–Kier alpha value is -1.61. The van der Waals surface area contributed by atoms with Crippen molar-refractivity contribution in [2.45, 2.75) is 45.7 Å². The molecular formula is C21H33IN6. The van der Waals surface area contributed by atoms with Crippen molar-refractivity contribution in [3.63, 3.8) is 0 Å². The molecule has 0 amide bonds. The number of hydrogen-bond donors (Lipinski definition) is 2. The van der Waals surface area contributed by atoms with E-state index in [0.29, 0.717) is 12.6 Å². The Labute approximate surface area is 185 Å². The van der Waals surface area contributed by atoms with E-state index >= 15 is 0 Å². The average molecular weight is 496 g/mol. The van der Waals surface area contributed by atoms with Crippen molar-refractivity contribution in [2.24, 2.45) is 4.99 Å². The number of nitrogens with one attached hydrogen (secondary N) is 2. The largest absolute Gasteiger partial charge is 0.357 e. The molecule has 2 aromatic rings. The smallest absolute Gasteiger partial charge is 0.191 e. The van der Waals surface area contributed by atoms with Crippen LogP contribution in [0.25, 0.3) is 5.69 Å². The molecule has 2 heterocycles. The maximum atomic E-state index is 4.85. The fraction of sp³-hybridized carbons (Fsp3) is 0.524. The summed E-state index contributed by atoms with van der Waals surface area (Å²) >= 11 is 0. The molecule has 3 rings (SSSR count). The fourth-order valence-corrected chi connectivity index (χ4v) is 3.59. The Morgan fingerprint density at radius 3 is 2.68 bits per heavy atom. The third kappa shape index (κ3) is 6.48. The number of guanidine groups is 1. The van der Waals surface area contributed by atoms with E-state index in [-0.39, 0.29) is 24.0 Å². The van der Waals surface area contributed by atoms with Crippen LogP contribution in [0.4, 0.5) is 0 Å². The highest BCUT2D eigenvalue weighted by Gasteiger charge is 2.19. The highest BCUT2D eigenvalue weighted by molar-refractivity contribution is 14.0. The first-order valence-electron chi connectivity index (χ1n) is 10.1. The predicted molar refractivity (Wildman–Crippen MR) is 127 cm³/mol. The number of aromatic nitrogens is 2. The molecule has 0 unspecified atom stereocenters. The summed E-state index contributed by atoms with van der Waals surface area (Å²) in [5.74, 6) is 0.909. The zero-order valence-corrected chi connectivity index (χ0v) is 19.3. The van der Waals surface area contributed by atoms with Gasteiger partial charge in [0, 0.05) is 38.1 Å². The summed E-state index contributed by atoms with van der Waals surface area (Å²) in [6.45, 7) is 9.43. The van der Waals surface area contributed by atoms with Crippen LogP contribution < -0.4 is 10.6 Å². The number of aliphatic imine (C=N–C) groups is 1. The van der Waals surface area contributed by atoms with Crippen molar-refractivity contribution in [2.75, 3.05) is 26.2 Å². The first-order chi connectivity index (χ1) is 13.3. The first kappa shape index (κ1) is 22.7. The lowest BCUT2D eigenvalue weighted by Gasteiger charge is -2.32. The fourth-order valence-electron chi connectivity index (χ4n) is 3.59. The Morgan fingerprint density at radius 1 is 1.21 bits per heavy atom. The molecule has 0 bridgehead atoms. The summed E-state index contributed by atoms with van der Waals surface area (Å²) in [5, 5.41) is 7.03. The molecule has 2 N–H and O–H groups in total.